The average molecular weight is 328 g/mol. The molecule has 0 N–H and O–H groups in total. The van der Waals surface area contributed by atoms with Crippen molar-refractivity contribution in [2.45, 2.75) is 104 Å². The zero-order valence-electron chi connectivity index (χ0n) is 15.4. The number of hydrogen-bond donors (Lipinski definition) is 0. The molecule has 0 fully saturated rings. The highest BCUT2D eigenvalue weighted by Crippen LogP contribution is 2.12. The smallest absolute Gasteiger partial charge is 0.306 e. The average Bonchev–Trinajstić information content (AvgIpc) is 2.52. The Morgan fingerprint density at radius 3 is 1.91 bits per heavy atom. The second-order valence-corrected chi connectivity index (χ2v) is 6.18. The van der Waals surface area contributed by atoms with Gasteiger partial charge in [0.15, 0.2) is 0 Å². The Kier molecular flexibility index (Phi) is 15.1. The summed E-state index contributed by atoms with van der Waals surface area (Å²) in [6.45, 7) is 6.88. The van der Waals surface area contributed by atoms with E-state index in [0.29, 0.717) is 32.3 Å². The Bertz CT molecular complexity index is 296. The van der Waals surface area contributed by atoms with Crippen molar-refractivity contribution < 1.29 is 19.1 Å². The third-order valence-electron chi connectivity index (χ3n) is 3.79. The maximum Gasteiger partial charge on any atom is 0.306 e. The van der Waals surface area contributed by atoms with Crippen molar-refractivity contribution in [3.8, 4) is 0 Å². The largest absolute Gasteiger partial charge is 0.466 e. The van der Waals surface area contributed by atoms with Crippen LogP contribution < -0.4 is 0 Å². The summed E-state index contributed by atoms with van der Waals surface area (Å²) in [5.74, 6) is -0.283. The number of ether oxygens (including phenoxy) is 2. The fraction of sp³-hybridized carbons (Fsp3) is 0.895. The SMILES string of the molecule is CCCCCCOC(=O)CCCCC(=O)OC(CCC)CCC. The number of carbonyl (C=O) groups is 2. The molecule has 0 rings (SSSR count). The maximum atomic E-state index is 11.8. The van der Waals surface area contributed by atoms with E-state index < -0.39 is 0 Å². The van der Waals surface area contributed by atoms with Crippen LogP contribution in [0.5, 0.6) is 0 Å². The molecule has 0 radical (unpaired) electrons. The van der Waals surface area contributed by atoms with Gasteiger partial charge in [-0.1, -0.05) is 52.9 Å². The molecule has 0 bridgehead atoms. The van der Waals surface area contributed by atoms with Gasteiger partial charge in [-0.25, -0.2) is 0 Å². The summed E-state index contributed by atoms with van der Waals surface area (Å²) in [7, 11) is 0. The molecule has 0 aliphatic carbocycles. The lowest BCUT2D eigenvalue weighted by atomic mass is 10.1. The molecule has 0 aliphatic rings. The fourth-order valence-corrected chi connectivity index (χ4v) is 2.48. The van der Waals surface area contributed by atoms with E-state index in [2.05, 4.69) is 20.8 Å². The molecule has 23 heavy (non-hydrogen) atoms. The zero-order valence-corrected chi connectivity index (χ0v) is 15.4. The summed E-state index contributed by atoms with van der Waals surface area (Å²) in [6, 6.07) is 0. The van der Waals surface area contributed by atoms with Crippen molar-refractivity contribution >= 4 is 11.9 Å². The highest BCUT2D eigenvalue weighted by atomic mass is 16.5. The van der Waals surface area contributed by atoms with E-state index in [-0.39, 0.29) is 18.0 Å². The Hall–Kier alpha value is -1.06. The Labute approximate surface area is 142 Å². The third kappa shape index (κ3) is 14.3. The van der Waals surface area contributed by atoms with Crippen LogP contribution in [0.1, 0.15) is 97.8 Å². The van der Waals surface area contributed by atoms with Gasteiger partial charge in [0.05, 0.1) is 6.61 Å². The van der Waals surface area contributed by atoms with E-state index in [9.17, 15) is 9.59 Å². The lowest BCUT2D eigenvalue weighted by Gasteiger charge is -2.16. The van der Waals surface area contributed by atoms with Gasteiger partial charge in [-0.05, 0) is 32.1 Å². The zero-order chi connectivity index (χ0) is 17.3. The second-order valence-electron chi connectivity index (χ2n) is 6.18. The van der Waals surface area contributed by atoms with Gasteiger partial charge in [0, 0.05) is 12.8 Å². The Balaban J connectivity index is 3.61. The quantitative estimate of drug-likeness (QED) is 0.307. The van der Waals surface area contributed by atoms with Gasteiger partial charge < -0.3 is 9.47 Å². The van der Waals surface area contributed by atoms with Crippen molar-refractivity contribution in [2.75, 3.05) is 6.61 Å². The van der Waals surface area contributed by atoms with Crippen LogP contribution in [0, 0.1) is 0 Å². The molecule has 4 heteroatoms. The molecule has 0 spiro atoms. The number of hydrogen-bond acceptors (Lipinski definition) is 4. The van der Waals surface area contributed by atoms with Gasteiger partial charge in [0.1, 0.15) is 6.10 Å². The predicted molar refractivity (Wildman–Crippen MR) is 93.3 cm³/mol. The first-order valence-electron chi connectivity index (χ1n) is 9.49. The molecule has 0 aromatic rings. The first-order chi connectivity index (χ1) is 11.1. The van der Waals surface area contributed by atoms with Crippen molar-refractivity contribution in [3.05, 3.63) is 0 Å². The summed E-state index contributed by atoms with van der Waals surface area (Å²) >= 11 is 0. The van der Waals surface area contributed by atoms with Crippen LogP contribution in [0.15, 0.2) is 0 Å². The minimum Gasteiger partial charge on any atom is -0.466 e. The van der Waals surface area contributed by atoms with Crippen LogP contribution in [-0.4, -0.2) is 24.6 Å². The number of rotatable bonds is 15. The third-order valence-corrected chi connectivity index (χ3v) is 3.79. The minimum atomic E-state index is -0.148. The van der Waals surface area contributed by atoms with E-state index in [4.69, 9.17) is 9.47 Å². The molecule has 0 atom stereocenters. The van der Waals surface area contributed by atoms with E-state index in [0.717, 1.165) is 38.5 Å². The van der Waals surface area contributed by atoms with E-state index in [1.165, 1.54) is 12.8 Å². The molecule has 0 aromatic carbocycles. The standard InChI is InChI=1S/C19H36O4/c1-4-7-8-11-16-22-18(20)14-9-10-15-19(21)23-17(12-5-2)13-6-3/h17H,4-16H2,1-3H3. The van der Waals surface area contributed by atoms with E-state index >= 15 is 0 Å². The van der Waals surface area contributed by atoms with Crippen LogP contribution in [0.3, 0.4) is 0 Å². The van der Waals surface area contributed by atoms with Gasteiger partial charge in [-0.3, -0.25) is 9.59 Å². The van der Waals surface area contributed by atoms with Crippen molar-refractivity contribution in [2.24, 2.45) is 0 Å². The van der Waals surface area contributed by atoms with Gasteiger partial charge in [0.2, 0.25) is 0 Å². The molecule has 0 amide bonds. The molecule has 0 unspecified atom stereocenters. The summed E-state index contributed by atoms with van der Waals surface area (Å²) in [5.41, 5.74) is 0. The Morgan fingerprint density at radius 1 is 0.739 bits per heavy atom. The van der Waals surface area contributed by atoms with Gasteiger partial charge in [0.25, 0.3) is 0 Å². The first kappa shape index (κ1) is 21.9. The van der Waals surface area contributed by atoms with Crippen LogP contribution in [-0.2, 0) is 19.1 Å². The molecule has 0 aliphatic heterocycles. The van der Waals surface area contributed by atoms with Crippen molar-refractivity contribution in [3.63, 3.8) is 0 Å². The van der Waals surface area contributed by atoms with Crippen molar-refractivity contribution in [1.29, 1.82) is 0 Å². The highest BCUT2D eigenvalue weighted by Gasteiger charge is 2.12. The molecule has 0 heterocycles. The summed E-state index contributed by atoms with van der Waals surface area (Å²) in [6.07, 6.45) is 10.6. The lowest BCUT2D eigenvalue weighted by molar-refractivity contribution is -0.150. The molecule has 4 nitrogen and oxygen atoms in total. The van der Waals surface area contributed by atoms with Crippen LogP contribution in [0.25, 0.3) is 0 Å². The van der Waals surface area contributed by atoms with Crippen LogP contribution in [0.2, 0.25) is 0 Å². The Morgan fingerprint density at radius 2 is 1.35 bits per heavy atom. The lowest BCUT2D eigenvalue weighted by Crippen LogP contribution is -2.17. The van der Waals surface area contributed by atoms with Crippen molar-refractivity contribution in [1.82, 2.24) is 0 Å². The monoisotopic (exact) mass is 328 g/mol. The van der Waals surface area contributed by atoms with Gasteiger partial charge in [-0.2, -0.15) is 0 Å². The summed E-state index contributed by atoms with van der Waals surface area (Å²) in [5, 5.41) is 0. The van der Waals surface area contributed by atoms with Crippen LogP contribution in [0.4, 0.5) is 0 Å². The molecule has 0 aromatic heterocycles. The highest BCUT2D eigenvalue weighted by molar-refractivity contribution is 5.70. The molecule has 136 valence electrons. The number of unbranched alkanes of at least 4 members (excludes halogenated alkanes) is 4. The normalized spacial score (nSPS) is 10.8. The molecular weight excluding hydrogens is 292 g/mol. The van der Waals surface area contributed by atoms with Gasteiger partial charge in [-0.15, -0.1) is 0 Å². The fourth-order valence-electron chi connectivity index (χ4n) is 2.48. The first-order valence-corrected chi connectivity index (χ1v) is 9.49. The number of esters is 2. The second kappa shape index (κ2) is 15.8. The van der Waals surface area contributed by atoms with Crippen LogP contribution >= 0.6 is 0 Å². The summed E-state index contributed by atoms with van der Waals surface area (Å²) in [4.78, 5) is 23.3. The molecule has 0 saturated carbocycles. The molecule has 0 saturated heterocycles. The number of carbonyl (C=O) groups excluding carboxylic acids is 2. The maximum absolute atomic E-state index is 11.8. The topological polar surface area (TPSA) is 52.6 Å². The van der Waals surface area contributed by atoms with E-state index in [1.807, 2.05) is 0 Å². The van der Waals surface area contributed by atoms with E-state index in [1.54, 1.807) is 0 Å². The minimum absolute atomic E-state index is 0.0607. The molecular formula is C19H36O4. The van der Waals surface area contributed by atoms with Gasteiger partial charge >= 0.3 is 11.9 Å². The summed E-state index contributed by atoms with van der Waals surface area (Å²) < 4.78 is 10.7. The predicted octanol–water partition coefficient (Wildman–Crippen LogP) is 5.18.